The summed E-state index contributed by atoms with van der Waals surface area (Å²) in [4.78, 5) is 12.6. The van der Waals surface area contributed by atoms with E-state index in [1.807, 2.05) is 27.1 Å². The van der Waals surface area contributed by atoms with E-state index in [9.17, 15) is 23.1 Å². The van der Waals surface area contributed by atoms with Gasteiger partial charge in [-0.1, -0.05) is 0 Å². The summed E-state index contributed by atoms with van der Waals surface area (Å²) < 4.78 is 32.0. The number of nitrogens with zero attached hydrogens (tertiary/aromatic N) is 3. The highest BCUT2D eigenvalue weighted by Crippen LogP contribution is 2.32. The van der Waals surface area contributed by atoms with Crippen LogP contribution in [0.5, 0.6) is 0 Å². The molecule has 0 unspecified atom stereocenters. The number of nitro groups is 1. The van der Waals surface area contributed by atoms with Crippen molar-refractivity contribution in [3.8, 4) is 0 Å². The summed E-state index contributed by atoms with van der Waals surface area (Å²) in [5, 5.41) is 14.6. The SMILES string of the molecule is CC[N+](C)(CC)CCNc1cc(N(C)C)c([N+](=O)[O-])cc1C.COS(=O)(=O)[O-]. The van der Waals surface area contributed by atoms with E-state index < -0.39 is 10.4 Å². The Hall–Kier alpha value is -1.95. The van der Waals surface area contributed by atoms with Gasteiger partial charge >= 0.3 is 0 Å². The molecule has 11 heteroatoms. The zero-order valence-corrected chi connectivity index (χ0v) is 18.5. The first-order valence-electron chi connectivity index (χ1n) is 8.85. The van der Waals surface area contributed by atoms with Crippen LogP contribution >= 0.6 is 0 Å². The number of rotatable bonds is 9. The van der Waals surface area contributed by atoms with E-state index in [4.69, 9.17) is 0 Å². The third-order valence-electron chi connectivity index (χ3n) is 4.70. The minimum absolute atomic E-state index is 0.149. The Morgan fingerprint density at radius 1 is 1.25 bits per heavy atom. The van der Waals surface area contributed by atoms with E-state index >= 15 is 0 Å². The van der Waals surface area contributed by atoms with Gasteiger partial charge in [0, 0.05) is 25.8 Å². The molecule has 0 saturated heterocycles. The molecule has 0 saturated carbocycles. The van der Waals surface area contributed by atoms with Gasteiger partial charge in [0.25, 0.3) is 5.69 Å². The molecule has 0 aromatic heterocycles. The number of hydrogen-bond donors (Lipinski definition) is 1. The number of hydrogen-bond acceptors (Lipinski definition) is 8. The lowest BCUT2D eigenvalue weighted by Gasteiger charge is -2.32. The van der Waals surface area contributed by atoms with Crippen LogP contribution in [0, 0.1) is 17.0 Å². The summed E-state index contributed by atoms with van der Waals surface area (Å²) in [6.07, 6.45) is 0. The quantitative estimate of drug-likeness (QED) is 0.211. The van der Waals surface area contributed by atoms with Gasteiger partial charge < -0.3 is 19.3 Å². The summed E-state index contributed by atoms with van der Waals surface area (Å²) in [6.45, 7) is 10.4. The molecule has 0 aliphatic heterocycles. The summed E-state index contributed by atoms with van der Waals surface area (Å²) in [5.74, 6) is 0. The maximum absolute atomic E-state index is 11.2. The molecule has 10 nitrogen and oxygen atoms in total. The standard InChI is InChI=1S/C16H29N4O2.CH4O4S/c1-7-20(6,8-2)10-9-17-14-12-15(18(4)5)16(19(21)22)11-13(14)3;1-5-6(2,3)4/h11-12,17H,7-10H2,1-6H3;1H3,(H,2,3,4)/q+1;/p-1. The Labute approximate surface area is 167 Å². The number of aryl methyl sites for hydroxylation is 1. The molecule has 0 spiro atoms. The predicted molar refractivity (Wildman–Crippen MR) is 109 cm³/mol. The molecule has 1 rings (SSSR count). The van der Waals surface area contributed by atoms with E-state index in [-0.39, 0.29) is 10.6 Å². The van der Waals surface area contributed by atoms with Crippen molar-refractivity contribution in [2.75, 3.05) is 64.6 Å². The molecule has 0 heterocycles. The van der Waals surface area contributed by atoms with Gasteiger partial charge in [-0.15, -0.1) is 0 Å². The molecule has 0 radical (unpaired) electrons. The van der Waals surface area contributed by atoms with Crippen molar-refractivity contribution in [2.45, 2.75) is 20.8 Å². The van der Waals surface area contributed by atoms with Crippen LogP contribution in [0.2, 0.25) is 0 Å². The smallest absolute Gasteiger partial charge is 0.292 e. The van der Waals surface area contributed by atoms with Gasteiger partial charge in [0.15, 0.2) is 0 Å². The van der Waals surface area contributed by atoms with Gasteiger partial charge in [0.05, 0.1) is 45.3 Å². The van der Waals surface area contributed by atoms with Crippen LogP contribution in [-0.2, 0) is 14.6 Å². The van der Waals surface area contributed by atoms with Crippen molar-refractivity contribution >= 4 is 27.5 Å². The first-order chi connectivity index (χ1) is 12.8. The molecule has 28 heavy (non-hydrogen) atoms. The summed E-state index contributed by atoms with van der Waals surface area (Å²) in [6, 6.07) is 3.51. The van der Waals surface area contributed by atoms with E-state index in [0.717, 1.165) is 49.0 Å². The Morgan fingerprint density at radius 3 is 2.11 bits per heavy atom. The monoisotopic (exact) mass is 420 g/mol. The molecular formula is C17H32N4O6S. The second-order valence-electron chi connectivity index (χ2n) is 6.78. The lowest BCUT2D eigenvalue weighted by Crippen LogP contribution is -2.46. The van der Waals surface area contributed by atoms with Crippen LogP contribution in [0.3, 0.4) is 0 Å². The maximum atomic E-state index is 11.2. The zero-order valence-electron chi connectivity index (χ0n) is 17.7. The molecule has 1 N–H and O–H groups in total. The summed E-state index contributed by atoms with van der Waals surface area (Å²) >= 11 is 0. The van der Waals surface area contributed by atoms with Gasteiger partial charge in [-0.05, 0) is 32.4 Å². The normalized spacial score (nSPS) is 11.4. The van der Waals surface area contributed by atoms with Crippen molar-refractivity contribution < 1.29 is 26.6 Å². The average Bonchev–Trinajstić information content (AvgIpc) is 2.62. The van der Waals surface area contributed by atoms with Crippen molar-refractivity contribution in [3.05, 3.63) is 27.8 Å². The molecule has 0 aliphatic rings. The molecule has 0 fully saturated rings. The van der Waals surface area contributed by atoms with E-state index in [1.165, 1.54) is 0 Å². The van der Waals surface area contributed by atoms with Crippen LogP contribution in [0.1, 0.15) is 19.4 Å². The predicted octanol–water partition coefficient (Wildman–Crippen LogP) is 1.96. The van der Waals surface area contributed by atoms with Gasteiger partial charge in [0.2, 0.25) is 10.4 Å². The molecule has 162 valence electrons. The van der Waals surface area contributed by atoms with Crippen molar-refractivity contribution in [1.29, 1.82) is 0 Å². The van der Waals surface area contributed by atoms with Crippen LogP contribution in [0.15, 0.2) is 12.1 Å². The molecule has 0 amide bonds. The fraction of sp³-hybridized carbons (Fsp3) is 0.647. The van der Waals surface area contributed by atoms with Gasteiger partial charge in [-0.25, -0.2) is 8.42 Å². The topological polar surface area (TPSA) is 125 Å². The van der Waals surface area contributed by atoms with E-state index in [2.05, 4.69) is 30.4 Å². The highest BCUT2D eigenvalue weighted by Gasteiger charge is 2.19. The van der Waals surface area contributed by atoms with Gasteiger partial charge in [0.1, 0.15) is 5.69 Å². The van der Waals surface area contributed by atoms with E-state index in [0.29, 0.717) is 5.69 Å². The fourth-order valence-electron chi connectivity index (χ4n) is 2.38. The lowest BCUT2D eigenvalue weighted by atomic mass is 10.1. The first kappa shape index (κ1) is 26.1. The minimum atomic E-state index is -4.41. The lowest BCUT2D eigenvalue weighted by molar-refractivity contribution is -0.904. The molecule has 0 bridgehead atoms. The Morgan fingerprint density at radius 2 is 1.75 bits per heavy atom. The third-order valence-corrected chi connectivity index (χ3v) is 5.11. The molecular weight excluding hydrogens is 388 g/mol. The highest BCUT2D eigenvalue weighted by molar-refractivity contribution is 7.80. The van der Waals surface area contributed by atoms with Crippen molar-refractivity contribution in [3.63, 3.8) is 0 Å². The fourth-order valence-corrected chi connectivity index (χ4v) is 2.38. The maximum Gasteiger partial charge on any atom is 0.292 e. The van der Waals surface area contributed by atoms with Crippen LogP contribution < -0.4 is 10.2 Å². The van der Waals surface area contributed by atoms with Crippen molar-refractivity contribution in [2.24, 2.45) is 0 Å². The largest absolute Gasteiger partial charge is 0.726 e. The molecule has 0 atom stereocenters. The second kappa shape index (κ2) is 11.1. The Balaban J connectivity index is 0.00000105. The first-order valence-corrected chi connectivity index (χ1v) is 10.2. The van der Waals surface area contributed by atoms with Crippen LogP contribution in [0.4, 0.5) is 17.1 Å². The number of benzene rings is 1. The number of anilines is 2. The zero-order chi connectivity index (χ0) is 22.1. The number of quaternary nitrogens is 1. The van der Waals surface area contributed by atoms with Gasteiger partial charge in [-0.3, -0.25) is 14.3 Å². The van der Waals surface area contributed by atoms with Crippen LogP contribution in [0.25, 0.3) is 0 Å². The summed E-state index contributed by atoms with van der Waals surface area (Å²) in [5.41, 5.74) is 2.64. The average molecular weight is 421 g/mol. The Bertz CT molecular complexity index is 748. The third kappa shape index (κ3) is 8.83. The molecule has 1 aromatic rings. The Kier molecular flexibility index (Phi) is 10.4. The highest BCUT2D eigenvalue weighted by atomic mass is 32.3. The number of nitrogens with one attached hydrogen (secondary N) is 1. The molecule has 0 aliphatic carbocycles. The van der Waals surface area contributed by atoms with Crippen LogP contribution in [-0.4, -0.2) is 76.8 Å². The van der Waals surface area contributed by atoms with Gasteiger partial charge in [-0.2, -0.15) is 0 Å². The number of likely N-dealkylation sites (N-methyl/N-ethyl adjacent to an activating group) is 1. The van der Waals surface area contributed by atoms with E-state index in [1.54, 1.807) is 11.0 Å². The molecule has 1 aromatic carbocycles. The minimum Gasteiger partial charge on any atom is -0.726 e. The van der Waals surface area contributed by atoms with Crippen molar-refractivity contribution in [1.82, 2.24) is 0 Å². The summed E-state index contributed by atoms with van der Waals surface area (Å²) in [7, 11) is 2.29. The second-order valence-corrected chi connectivity index (χ2v) is 7.93. The number of nitro benzene ring substituents is 1.